The number of carbonyl (C=O) groups is 2. The van der Waals surface area contributed by atoms with Crippen molar-refractivity contribution in [1.29, 1.82) is 0 Å². The molecule has 3 N–H and O–H groups in total. The number of rotatable bonds is 3. The summed E-state index contributed by atoms with van der Waals surface area (Å²) in [4.78, 5) is 31.4. The average molecular weight is 396 g/mol. The van der Waals surface area contributed by atoms with E-state index >= 15 is 0 Å². The molecule has 0 aromatic heterocycles. The molecule has 29 heavy (non-hydrogen) atoms. The van der Waals surface area contributed by atoms with Gasteiger partial charge in [0.25, 0.3) is 5.91 Å². The summed E-state index contributed by atoms with van der Waals surface area (Å²) in [6.45, 7) is 6.59. The van der Waals surface area contributed by atoms with Gasteiger partial charge in [0, 0.05) is 23.9 Å². The molecular formula is C22H25FN4O2. The molecule has 152 valence electrons. The number of carbonyl (C=O) groups excluding carboxylic acids is 2. The van der Waals surface area contributed by atoms with Crippen molar-refractivity contribution in [1.82, 2.24) is 0 Å². The molecule has 3 rings (SSSR count). The van der Waals surface area contributed by atoms with Crippen molar-refractivity contribution in [2.75, 3.05) is 17.3 Å². The number of benzene rings is 2. The molecule has 6 nitrogen and oxygen atoms in total. The third-order valence-corrected chi connectivity index (χ3v) is 4.80. The number of hydrogen-bond acceptors (Lipinski definition) is 4. The molecule has 0 aliphatic carbocycles. The Morgan fingerprint density at radius 3 is 2.45 bits per heavy atom. The van der Waals surface area contributed by atoms with Crippen LogP contribution >= 0.6 is 0 Å². The van der Waals surface area contributed by atoms with Gasteiger partial charge in [0.15, 0.2) is 0 Å². The van der Waals surface area contributed by atoms with Gasteiger partial charge in [-0.25, -0.2) is 4.39 Å². The van der Waals surface area contributed by atoms with E-state index in [9.17, 15) is 14.0 Å². The number of nitrogens with zero attached hydrogens (tertiary/aromatic N) is 2. The Morgan fingerprint density at radius 1 is 1.17 bits per heavy atom. The molecule has 0 spiro atoms. The number of hydrogen-bond donors (Lipinski definition) is 2. The lowest BCUT2D eigenvalue weighted by molar-refractivity contribution is -0.122. The van der Waals surface area contributed by atoms with Gasteiger partial charge in [-0.05, 0) is 58.0 Å². The van der Waals surface area contributed by atoms with Crippen LogP contribution in [0.3, 0.4) is 0 Å². The van der Waals surface area contributed by atoms with Crippen LogP contribution in [0.4, 0.5) is 15.8 Å². The maximum absolute atomic E-state index is 14.6. The summed E-state index contributed by atoms with van der Waals surface area (Å²) in [6.07, 6.45) is 0. The lowest BCUT2D eigenvalue weighted by Gasteiger charge is -2.24. The Bertz CT molecular complexity index is 1020. The minimum Gasteiger partial charge on any atom is -0.324 e. The summed E-state index contributed by atoms with van der Waals surface area (Å²) in [5, 5.41) is 2.77. The second-order valence-corrected chi connectivity index (χ2v) is 8.27. The fraction of sp³-hybridized carbons (Fsp3) is 0.318. The molecule has 0 saturated heterocycles. The van der Waals surface area contributed by atoms with Crippen LogP contribution in [0.15, 0.2) is 47.5 Å². The van der Waals surface area contributed by atoms with Crippen LogP contribution in [0, 0.1) is 5.82 Å². The van der Waals surface area contributed by atoms with Crippen molar-refractivity contribution in [3.05, 3.63) is 59.4 Å². The molecule has 2 aromatic rings. The molecule has 1 aliphatic rings. The Labute approximate surface area is 169 Å². The summed E-state index contributed by atoms with van der Waals surface area (Å²) in [7, 11) is 1.66. The molecule has 2 amide bonds. The maximum atomic E-state index is 14.6. The summed E-state index contributed by atoms with van der Waals surface area (Å²) in [5.74, 6) is -1.02. The van der Waals surface area contributed by atoms with Crippen LogP contribution in [-0.2, 0) is 9.59 Å². The van der Waals surface area contributed by atoms with Gasteiger partial charge in [0.1, 0.15) is 11.4 Å². The fourth-order valence-corrected chi connectivity index (χ4v) is 3.15. The van der Waals surface area contributed by atoms with Crippen LogP contribution in [0.1, 0.15) is 38.8 Å². The highest BCUT2D eigenvalue weighted by atomic mass is 19.1. The van der Waals surface area contributed by atoms with Crippen molar-refractivity contribution in [2.24, 2.45) is 10.7 Å². The van der Waals surface area contributed by atoms with Gasteiger partial charge >= 0.3 is 0 Å². The fourth-order valence-electron chi connectivity index (χ4n) is 3.15. The Kier molecular flexibility index (Phi) is 5.04. The molecule has 0 radical (unpaired) electrons. The minimum atomic E-state index is -1.09. The van der Waals surface area contributed by atoms with Gasteiger partial charge in [0.2, 0.25) is 5.91 Å². The summed E-state index contributed by atoms with van der Waals surface area (Å²) in [5.41, 5.74) is 5.95. The number of anilines is 2. The zero-order valence-electron chi connectivity index (χ0n) is 17.2. The predicted octanol–water partition coefficient (Wildman–Crippen LogP) is 3.09. The molecule has 0 unspecified atom stereocenters. The molecule has 1 aliphatic heterocycles. The van der Waals surface area contributed by atoms with Crippen molar-refractivity contribution in [3.8, 4) is 0 Å². The van der Waals surface area contributed by atoms with E-state index in [-0.39, 0.29) is 17.4 Å². The van der Waals surface area contributed by atoms with E-state index in [4.69, 9.17) is 5.73 Å². The van der Waals surface area contributed by atoms with E-state index < -0.39 is 16.9 Å². The first-order valence-electron chi connectivity index (χ1n) is 9.29. The van der Waals surface area contributed by atoms with Crippen LogP contribution in [-0.4, -0.2) is 35.7 Å². The molecule has 1 heterocycles. The third-order valence-electron chi connectivity index (χ3n) is 4.80. The highest BCUT2D eigenvalue weighted by molar-refractivity contribution is 6.21. The van der Waals surface area contributed by atoms with Crippen molar-refractivity contribution in [3.63, 3.8) is 0 Å². The molecular weight excluding hydrogens is 371 g/mol. The first kappa shape index (κ1) is 20.7. The van der Waals surface area contributed by atoms with E-state index in [1.165, 1.54) is 11.0 Å². The van der Waals surface area contributed by atoms with Crippen molar-refractivity contribution >= 4 is 28.9 Å². The van der Waals surface area contributed by atoms with E-state index in [0.29, 0.717) is 22.6 Å². The number of likely N-dealkylation sites (N-methyl/N-ethyl adjacent to an activating group) is 1. The van der Waals surface area contributed by atoms with Crippen LogP contribution in [0.25, 0.3) is 0 Å². The van der Waals surface area contributed by atoms with Crippen molar-refractivity contribution < 1.29 is 14.0 Å². The summed E-state index contributed by atoms with van der Waals surface area (Å²) in [6, 6.07) is 11.4. The molecule has 0 fully saturated rings. The molecule has 0 atom stereocenters. The summed E-state index contributed by atoms with van der Waals surface area (Å²) < 4.78 is 14.6. The SMILES string of the molecule is CN1C(=O)C(C)(C)N=C(c2ccccc2F)c2cc(NC(=O)C(C)(C)N)ccc21. The zero-order chi connectivity index (χ0) is 21.6. The average Bonchev–Trinajstić information content (AvgIpc) is 2.71. The first-order chi connectivity index (χ1) is 13.4. The predicted molar refractivity (Wildman–Crippen MR) is 113 cm³/mol. The van der Waals surface area contributed by atoms with Crippen LogP contribution < -0.4 is 16.0 Å². The van der Waals surface area contributed by atoms with Crippen LogP contribution in [0.2, 0.25) is 0 Å². The van der Waals surface area contributed by atoms with Gasteiger partial charge in [-0.1, -0.05) is 12.1 Å². The number of halogens is 1. The van der Waals surface area contributed by atoms with E-state index in [1.807, 2.05) is 0 Å². The minimum absolute atomic E-state index is 0.218. The Hall–Kier alpha value is -3.06. The standard InChI is InChI=1S/C22H25FN4O2/c1-21(2,24)19(28)25-13-10-11-17-15(12-13)18(14-8-6-7-9-16(14)23)26-22(3,4)20(29)27(17)5/h6-12H,24H2,1-5H3,(H,25,28). The van der Waals surface area contributed by atoms with Gasteiger partial charge < -0.3 is 16.0 Å². The topological polar surface area (TPSA) is 87.8 Å². The smallest absolute Gasteiger partial charge is 0.254 e. The van der Waals surface area contributed by atoms with E-state index in [1.54, 1.807) is 71.1 Å². The number of fused-ring (bicyclic) bond motifs is 1. The van der Waals surface area contributed by atoms with Crippen molar-refractivity contribution in [2.45, 2.75) is 38.8 Å². The molecule has 0 bridgehead atoms. The normalized spacial score (nSPS) is 16.0. The second kappa shape index (κ2) is 7.08. The van der Waals surface area contributed by atoms with Gasteiger partial charge in [-0.2, -0.15) is 0 Å². The molecule has 0 saturated carbocycles. The van der Waals surface area contributed by atoms with E-state index in [0.717, 1.165) is 0 Å². The number of nitrogens with one attached hydrogen (secondary N) is 1. The number of nitrogens with two attached hydrogens (primary N) is 1. The lowest BCUT2D eigenvalue weighted by atomic mass is 9.98. The van der Waals surface area contributed by atoms with Gasteiger partial charge in [0.05, 0.1) is 16.9 Å². The third kappa shape index (κ3) is 3.91. The lowest BCUT2D eigenvalue weighted by Crippen LogP contribution is -2.45. The van der Waals surface area contributed by atoms with Gasteiger partial charge in [-0.3, -0.25) is 14.6 Å². The Balaban J connectivity index is 2.22. The summed E-state index contributed by atoms with van der Waals surface area (Å²) >= 11 is 0. The molecule has 2 aromatic carbocycles. The van der Waals surface area contributed by atoms with Gasteiger partial charge in [-0.15, -0.1) is 0 Å². The molecule has 7 heteroatoms. The Morgan fingerprint density at radius 2 is 1.83 bits per heavy atom. The maximum Gasteiger partial charge on any atom is 0.254 e. The highest BCUT2D eigenvalue weighted by Gasteiger charge is 2.36. The number of benzodiazepines with no additional fused rings is 1. The number of amides is 2. The van der Waals surface area contributed by atoms with Crippen LogP contribution in [0.5, 0.6) is 0 Å². The van der Waals surface area contributed by atoms with E-state index in [2.05, 4.69) is 10.3 Å². The number of aliphatic imine (C=N–C) groups is 1. The highest BCUT2D eigenvalue weighted by Crippen LogP contribution is 2.33. The second-order valence-electron chi connectivity index (χ2n) is 8.27. The zero-order valence-corrected chi connectivity index (χ0v) is 17.2. The largest absolute Gasteiger partial charge is 0.324 e. The first-order valence-corrected chi connectivity index (χ1v) is 9.29. The monoisotopic (exact) mass is 396 g/mol. The quantitative estimate of drug-likeness (QED) is 0.836.